The summed E-state index contributed by atoms with van der Waals surface area (Å²) in [5.41, 5.74) is 5.42. The van der Waals surface area contributed by atoms with E-state index in [1.165, 1.54) is 0 Å². The lowest BCUT2D eigenvalue weighted by Crippen LogP contribution is -2.53. The second-order valence-corrected chi connectivity index (χ2v) is 3.90. The summed E-state index contributed by atoms with van der Waals surface area (Å²) in [5, 5.41) is 0. The Morgan fingerprint density at radius 3 is 2.67 bits per heavy atom. The summed E-state index contributed by atoms with van der Waals surface area (Å²) in [7, 11) is 0. The number of hydrogen-bond acceptors (Lipinski definition) is 3. The van der Waals surface area contributed by atoms with E-state index in [2.05, 4.69) is 18.7 Å². The van der Waals surface area contributed by atoms with Crippen LogP contribution in [-0.4, -0.2) is 43.8 Å². The normalized spacial score (nSPS) is 20.0. The third-order valence-electron chi connectivity index (χ3n) is 2.03. The predicted molar refractivity (Wildman–Crippen MR) is 50.1 cm³/mol. The summed E-state index contributed by atoms with van der Waals surface area (Å²) >= 11 is 0. The van der Waals surface area contributed by atoms with Crippen LogP contribution in [0.3, 0.4) is 0 Å². The fourth-order valence-electron chi connectivity index (χ4n) is 1.32. The highest BCUT2D eigenvalue weighted by molar-refractivity contribution is 4.80. The summed E-state index contributed by atoms with van der Waals surface area (Å²) in [6.45, 7) is 9.17. The topological polar surface area (TPSA) is 38.5 Å². The van der Waals surface area contributed by atoms with Gasteiger partial charge in [0.05, 0.1) is 6.10 Å². The first-order valence-electron chi connectivity index (χ1n) is 4.76. The minimum absolute atomic E-state index is 0.471. The summed E-state index contributed by atoms with van der Waals surface area (Å²) < 4.78 is 5.63. The highest BCUT2D eigenvalue weighted by Crippen LogP contribution is 2.11. The lowest BCUT2D eigenvalue weighted by Gasteiger charge is -2.38. The van der Waals surface area contributed by atoms with E-state index >= 15 is 0 Å². The van der Waals surface area contributed by atoms with Crippen LogP contribution in [0.1, 0.15) is 13.8 Å². The number of ether oxygens (including phenoxy) is 1. The van der Waals surface area contributed by atoms with E-state index in [4.69, 9.17) is 10.5 Å². The van der Waals surface area contributed by atoms with Crippen molar-refractivity contribution in [1.82, 2.24) is 4.90 Å². The van der Waals surface area contributed by atoms with Crippen LogP contribution >= 0.6 is 0 Å². The van der Waals surface area contributed by atoms with E-state index in [1.54, 1.807) is 0 Å². The Kier molecular flexibility index (Phi) is 3.98. The molecule has 0 atom stereocenters. The maximum absolute atomic E-state index is 5.63. The molecule has 1 heterocycles. The van der Waals surface area contributed by atoms with Gasteiger partial charge in [0.15, 0.2) is 0 Å². The Hall–Kier alpha value is -0.120. The van der Waals surface area contributed by atoms with E-state index in [0.717, 1.165) is 32.8 Å². The molecule has 1 aliphatic heterocycles. The highest BCUT2D eigenvalue weighted by atomic mass is 16.5. The highest BCUT2D eigenvalue weighted by Gasteiger charge is 2.26. The van der Waals surface area contributed by atoms with Crippen LogP contribution in [0.5, 0.6) is 0 Å². The minimum atomic E-state index is 0.471. The van der Waals surface area contributed by atoms with Gasteiger partial charge in [-0.3, -0.25) is 4.90 Å². The fraction of sp³-hybridized carbons (Fsp3) is 1.00. The second-order valence-electron chi connectivity index (χ2n) is 3.90. The number of nitrogens with two attached hydrogens (primary N) is 1. The van der Waals surface area contributed by atoms with Crippen LogP contribution in [-0.2, 0) is 4.74 Å². The molecule has 1 saturated heterocycles. The SMILES string of the molecule is CC(C)COC1CN(CCN)C1. The molecule has 72 valence electrons. The summed E-state index contributed by atoms with van der Waals surface area (Å²) in [5.74, 6) is 0.647. The van der Waals surface area contributed by atoms with Gasteiger partial charge in [0.2, 0.25) is 0 Å². The number of hydrogen-bond donors (Lipinski definition) is 1. The monoisotopic (exact) mass is 172 g/mol. The number of rotatable bonds is 5. The molecule has 0 aromatic heterocycles. The van der Waals surface area contributed by atoms with Gasteiger partial charge in [0.25, 0.3) is 0 Å². The van der Waals surface area contributed by atoms with Crippen LogP contribution < -0.4 is 5.73 Å². The molecule has 0 radical (unpaired) electrons. The van der Waals surface area contributed by atoms with Gasteiger partial charge in [0.1, 0.15) is 0 Å². The minimum Gasteiger partial charge on any atom is -0.375 e. The molecule has 0 bridgehead atoms. The molecule has 0 aliphatic carbocycles. The van der Waals surface area contributed by atoms with E-state index in [-0.39, 0.29) is 0 Å². The molecule has 0 aromatic rings. The van der Waals surface area contributed by atoms with Crippen molar-refractivity contribution in [3.63, 3.8) is 0 Å². The molecule has 0 unspecified atom stereocenters. The van der Waals surface area contributed by atoms with Gasteiger partial charge in [-0.1, -0.05) is 13.8 Å². The van der Waals surface area contributed by atoms with E-state index in [0.29, 0.717) is 12.0 Å². The molecule has 12 heavy (non-hydrogen) atoms. The molecule has 0 aromatic carbocycles. The van der Waals surface area contributed by atoms with E-state index in [9.17, 15) is 0 Å². The standard InChI is InChI=1S/C9H20N2O/c1-8(2)7-12-9-5-11(6-9)4-3-10/h8-9H,3-7,10H2,1-2H3. The van der Waals surface area contributed by atoms with Crippen molar-refractivity contribution in [3.8, 4) is 0 Å². The zero-order chi connectivity index (χ0) is 8.97. The first-order chi connectivity index (χ1) is 5.72. The molecular weight excluding hydrogens is 152 g/mol. The molecule has 3 nitrogen and oxygen atoms in total. The van der Waals surface area contributed by atoms with Gasteiger partial charge < -0.3 is 10.5 Å². The molecule has 1 aliphatic rings. The van der Waals surface area contributed by atoms with Crippen LogP contribution in [0, 0.1) is 5.92 Å². The van der Waals surface area contributed by atoms with E-state index in [1.807, 2.05) is 0 Å². The van der Waals surface area contributed by atoms with Crippen molar-refractivity contribution in [2.75, 3.05) is 32.8 Å². The van der Waals surface area contributed by atoms with Crippen LogP contribution in [0.25, 0.3) is 0 Å². The lowest BCUT2D eigenvalue weighted by atomic mass is 10.1. The maximum Gasteiger partial charge on any atom is 0.0828 e. The van der Waals surface area contributed by atoms with Crippen LogP contribution in [0.4, 0.5) is 0 Å². The van der Waals surface area contributed by atoms with Crippen molar-refractivity contribution in [1.29, 1.82) is 0 Å². The van der Waals surface area contributed by atoms with Gasteiger partial charge in [-0.15, -0.1) is 0 Å². The molecule has 3 heteroatoms. The number of nitrogens with zero attached hydrogens (tertiary/aromatic N) is 1. The Labute approximate surface area is 74.9 Å². The third-order valence-corrected chi connectivity index (χ3v) is 2.03. The zero-order valence-corrected chi connectivity index (χ0v) is 8.12. The molecule has 0 saturated carbocycles. The average molecular weight is 172 g/mol. The fourth-order valence-corrected chi connectivity index (χ4v) is 1.32. The molecule has 1 rings (SSSR count). The third kappa shape index (κ3) is 3.09. The largest absolute Gasteiger partial charge is 0.375 e. The number of likely N-dealkylation sites (tertiary alicyclic amines) is 1. The van der Waals surface area contributed by atoms with Gasteiger partial charge in [0, 0.05) is 32.8 Å². The van der Waals surface area contributed by atoms with Crippen molar-refractivity contribution in [2.45, 2.75) is 20.0 Å². The molecule has 0 amide bonds. The molecular formula is C9H20N2O. The Bertz CT molecular complexity index is 122. The molecule has 1 fully saturated rings. The maximum atomic E-state index is 5.63. The Morgan fingerprint density at radius 2 is 2.17 bits per heavy atom. The molecule has 2 N–H and O–H groups in total. The van der Waals surface area contributed by atoms with Crippen LogP contribution in [0.15, 0.2) is 0 Å². The average Bonchev–Trinajstić information content (AvgIpc) is 1.93. The summed E-state index contributed by atoms with van der Waals surface area (Å²) in [6.07, 6.45) is 0.471. The van der Waals surface area contributed by atoms with Crippen molar-refractivity contribution >= 4 is 0 Å². The second kappa shape index (κ2) is 4.80. The van der Waals surface area contributed by atoms with Gasteiger partial charge in [-0.05, 0) is 5.92 Å². The van der Waals surface area contributed by atoms with Crippen LogP contribution in [0.2, 0.25) is 0 Å². The predicted octanol–water partition coefficient (Wildman–Crippen LogP) is 0.302. The molecule has 0 spiro atoms. The van der Waals surface area contributed by atoms with Gasteiger partial charge in [-0.2, -0.15) is 0 Å². The smallest absolute Gasteiger partial charge is 0.0828 e. The van der Waals surface area contributed by atoms with Crippen molar-refractivity contribution in [3.05, 3.63) is 0 Å². The first-order valence-corrected chi connectivity index (χ1v) is 4.76. The van der Waals surface area contributed by atoms with E-state index < -0.39 is 0 Å². The van der Waals surface area contributed by atoms with Crippen molar-refractivity contribution in [2.24, 2.45) is 11.7 Å². The van der Waals surface area contributed by atoms with Gasteiger partial charge in [-0.25, -0.2) is 0 Å². The Morgan fingerprint density at radius 1 is 1.50 bits per heavy atom. The summed E-state index contributed by atoms with van der Waals surface area (Å²) in [6, 6.07) is 0. The van der Waals surface area contributed by atoms with Crippen molar-refractivity contribution < 1.29 is 4.74 Å². The quantitative estimate of drug-likeness (QED) is 0.648. The zero-order valence-electron chi connectivity index (χ0n) is 8.12. The Balaban J connectivity index is 1.95. The van der Waals surface area contributed by atoms with Gasteiger partial charge >= 0.3 is 0 Å². The lowest BCUT2D eigenvalue weighted by molar-refractivity contribution is -0.0611. The first kappa shape index (κ1) is 9.96. The summed E-state index contributed by atoms with van der Waals surface area (Å²) in [4.78, 5) is 2.32.